The second-order valence-electron chi connectivity index (χ2n) is 6.71. The fourth-order valence-corrected chi connectivity index (χ4v) is 3.42. The molecule has 0 saturated carbocycles. The van der Waals surface area contributed by atoms with Crippen LogP contribution in [-0.4, -0.2) is 46.8 Å². The molecule has 6 heteroatoms. The van der Waals surface area contributed by atoms with E-state index in [2.05, 4.69) is 27.7 Å². The number of amides is 1. The minimum Gasteiger partial charge on any atom is -0.494 e. The number of rotatable bonds is 7. The van der Waals surface area contributed by atoms with Crippen LogP contribution in [-0.2, 0) is 0 Å². The molecule has 1 aliphatic rings. The molecule has 2 N–H and O–H groups in total. The van der Waals surface area contributed by atoms with E-state index in [1.54, 1.807) is 24.3 Å². The molecule has 1 fully saturated rings. The summed E-state index contributed by atoms with van der Waals surface area (Å²) in [5, 5.41) is 4.61. The van der Waals surface area contributed by atoms with Crippen molar-refractivity contribution >= 4 is 5.91 Å². The summed E-state index contributed by atoms with van der Waals surface area (Å²) >= 11 is 0. The van der Waals surface area contributed by atoms with Gasteiger partial charge in [-0.05, 0) is 57.0 Å². The summed E-state index contributed by atoms with van der Waals surface area (Å²) in [7, 11) is 0. The highest BCUT2D eigenvalue weighted by atomic mass is 16.5. The number of carbonyl (C=O) groups excluding carboxylic acids is 1. The number of carbonyl (C=O) groups is 1. The van der Waals surface area contributed by atoms with E-state index in [-0.39, 0.29) is 0 Å². The maximum Gasteiger partial charge on any atom is 0.248 e. The van der Waals surface area contributed by atoms with Gasteiger partial charge in [-0.25, -0.2) is 0 Å². The number of nitrogens with zero attached hydrogens (tertiary/aromatic N) is 3. The van der Waals surface area contributed by atoms with E-state index in [0.717, 1.165) is 43.9 Å². The number of primary amides is 1. The monoisotopic (exact) mass is 342 g/mol. The largest absolute Gasteiger partial charge is 0.494 e. The molecule has 25 heavy (non-hydrogen) atoms. The summed E-state index contributed by atoms with van der Waals surface area (Å²) < 4.78 is 7.91. The smallest absolute Gasteiger partial charge is 0.248 e. The molecule has 134 valence electrons. The Bertz CT molecular complexity index is 724. The van der Waals surface area contributed by atoms with Crippen LogP contribution in [0.15, 0.2) is 30.3 Å². The van der Waals surface area contributed by atoms with E-state index >= 15 is 0 Å². The summed E-state index contributed by atoms with van der Waals surface area (Å²) in [4.78, 5) is 13.5. The first kappa shape index (κ1) is 17.5. The third-order valence-corrected chi connectivity index (χ3v) is 4.66. The fraction of sp³-hybridized carbons (Fsp3) is 0.474. The molecule has 1 unspecified atom stereocenters. The van der Waals surface area contributed by atoms with Gasteiger partial charge >= 0.3 is 0 Å². The van der Waals surface area contributed by atoms with Crippen LogP contribution in [0, 0.1) is 13.8 Å². The lowest BCUT2D eigenvalue weighted by Crippen LogP contribution is -2.24. The molecule has 1 aromatic heterocycles. The zero-order valence-corrected chi connectivity index (χ0v) is 14.9. The lowest BCUT2D eigenvalue weighted by Gasteiger charge is -2.17. The SMILES string of the molecule is Cc1cc(C)n(C2CCN(CCCOc3ccc(C(N)=O)cc3)C2)n1. The third-order valence-electron chi connectivity index (χ3n) is 4.66. The molecule has 3 rings (SSSR count). The summed E-state index contributed by atoms with van der Waals surface area (Å²) in [6.45, 7) is 8.02. The predicted octanol–water partition coefficient (Wildman–Crippen LogP) is 2.31. The summed E-state index contributed by atoms with van der Waals surface area (Å²) in [5.41, 5.74) is 8.06. The average molecular weight is 342 g/mol. The highest BCUT2D eigenvalue weighted by molar-refractivity contribution is 5.92. The Morgan fingerprint density at radius 3 is 2.72 bits per heavy atom. The Hall–Kier alpha value is -2.34. The van der Waals surface area contributed by atoms with Crippen LogP contribution in [0.5, 0.6) is 5.75 Å². The summed E-state index contributed by atoms with van der Waals surface area (Å²) in [6.07, 6.45) is 2.12. The molecular formula is C19H26N4O2. The molecule has 2 aromatic rings. The van der Waals surface area contributed by atoms with Crippen molar-refractivity contribution in [3.63, 3.8) is 0 Å². The van der Waals surface area contributed by atoms with Gasteiger partial charge in [0.25, 0.3) is 0 Å². The van der Waals surface area contributed by atoms with Gasteiger partial charge in [0.1, 0.15) is 5.75 Å². The zero-order chi connectivity index (χ0) is 17.8. The number of hydrogen-bond donors (Lipinski definition) is 1. The Balaban J connectivity index is 1.40. The molecule has 0 radical (unpaired) electrons. The van der Waals surface area contributed by atoms with Crippen molar-refractivity contribution < 1.29 is 9.53 Å². The van der Waals surface area contributed by atoms with Crippen LogP contribution in [0.3, 0.4) is 0 Å². The van der Waals surface area contributed by atoms with E-state index in [0.29, 0.717) is 18.2 Å². The Morgan fingerprint density at radius 2 is 2.08 bits per heavy atom. The molecular weight excluding hydrogens is 316 g/mol. The van der Waals surface area contributed by atoms with E-state index < -0.39 is 5.91 Å². The molecule has 1 aliphatic heterocycles. The maximum absolute atomic E-state index is 11.0. The molecule has 1 saturated heterocycles. The van der Waals surface area contributed by atoms with Crippen LogP contribution >= 0.6 is 0 Å². The fourth-order valence-electron chi connectivity index (χ4n) is 3.42. The summed E-state index contributed by atoms with van der Waals surface area (Å²) in [6, 6.07) is 9.58. The highest BCUT2D eigenvalue weighted by Crippen LogP contribution is 2.23. The maximum atomic E-state index is 11.0. The van der Waals surface area contributed by atoms with E-state index in [4.69, 9.17) is 10.5 Å². The predicted molar refractivity (Wildman–Crippen MR) is 96.9 cm³/mol. The van der Waals surface area contributed by atoms with Gasteiger partial charge in [-0.1, -0.05) is 0 Å². The van der Waals surface area contributed by atoms with Crippen LogP contribution in [0.2, 0.25) is 0 Å². The topological polar surface area (TPSA) is 73.4 Å². The lowest BCUT2D eigenvalue weighted by atomic mass is 10.2. The Kier molecular flexibility index (Phi) is 5.38. The number of nitrogens with two attached hydrogens (primary N) is 1. The molecule has 2 heterocycles. The first-order chi connectivity index (χ1) is 12.0. The van der Waals surface area contributed by atoms with Crippen LogP contribution in [0.1, 0.15) is 40.6 Å². The van der Waals surface area contributed by atoms with Crippen molar-refractivity contribution in [2.45, 2.75) is 32.7 Å². The van der Waals surface area contributed by atoms with Crippen LogP contribution in [0.4, 0.5) is 0 Å². The van der Waals surface area contributed by atoms with Crippen molar-refractivity contribution in [3.05, 3.63) is 47.3 Å². The second kappa shape index (κ2) is 7.70. The molecule has 1 amide bonds. The zero-order valence-electron chi connectivity index (χ0n) is 14.9. The minimum atomic E-state index is -0.419. The number of ether oxygens (including phenoxy) is 1. The number of aromatic nitrogens is 2. The number of benzene rings is 1. The van der Waals surface area contributed by atoms with Gasteiger partial charge in [0.2, 0.25) is 5.91 Å². The second-order valence-corrected chi connectivity index (χ2v) is 6.71. The molecule has 0 aliphatic carbocycles. The van der Waals surface area contributed by atoms with Crippen LogP contribution in [0.25, 0.3) is 0 Å². The van der Waals surface area contributed by atoms with Gasteiger partial charge in [-0.3, -0.25) is 9.48 Å². The molecule has 6 nitrogen and oxygen atoms in total. The van der Waals surface area contributed by atoms with Gasteiger partial charge in [0.05, 0.1) is 18.3 Å². The lowest BCUT2D eigenvalue weighted by molar-refractivity contribution is 0.100. The normalized spacial score (nSPS) is 17.8. The molecule has 1 atom stereocenters. The van der Waals surface area contributed by atoms with Crippen molar-refractivity contribution in [3.8, 4) is 5.75 Å². The number of hydrogen-bond acceptors (Lipinski definition) is 4. The summed E-state index contributed by atoms with van der Waals surface area (Å²) in [5.74, 6) is 0.352. The molecule has 0 bridgehead atoms. The van der Waals surface area contributed by atoms with Gasteiger partial charge in [-0.15, -0.1) is 0 Å². The molecule has 0 spiro atoms. The quantitative estimate of drug-likeness (QED) is 0.784. The van der Waals surface area contributed by atoms with Gasteiger partial charge < -0.3 is 15.4 Å². The number of likely N-dealkylation sites (tertiary alicyclic amines) is 1. The van der Waals surface area contributed by atoms with Gasteiger partial charge in [0, 0.05) is 30.9 Å². The van der Waals surface area contributed by atoms with E-state index in [1.165, 1.54) is 5.69 Å². The van der Waals surface area contributed by atoms with Crippen molar-refractivity contribution in [2.24, 2.45) is 5.73 Å². The average Bonchev–Trinajstić information content (AvgIpc) is 3.18. The van der Waals surface area contributed by atoms with E-state index in [9.17, 15) is 4.79 Å². The van der Waals surface area contributed by atoms with Crippen molar-refractivity contribution in [1.29, 1.82) is 0 Å². The Morgan fingerprint density at radius 1 is 1.32 bits per heavy atom. The molecule has 1 aromatic carbocycles. The standard InChI is InChI=1S/C19H26N4O2/c1-14-12-15(2)23(21-14)17-8-10-22(13-17)9-3-11-25-18-6-4-16(5-7-18)19(20)24/h4-7,12,17H,3,8-11,13H2,1-2H3,(H2,20,24). The van der Waals surface area contributed by atoms with Crippen LogP contribution < -0.4 is 10.5 Å². The third kappa shape index (κ3) is 4.39. The first-order valence-corrected chi connectivity index (χ1v) is 8.80. The highest BCUT2D eigenvalue weighted by Gasteiger charge is 2.25. The first-order valence-electron chi connectivity index (χ1n) is 8.80. The minimum absolute atomic E-state index is 0.419. The van der Waals surface area contributed by atoms with Crippen molar-refractivity contribution in [1.82, 2.24) is 14.7 Å². The van der Waals surface area contributed by atoms with E-state index in [1.807, 2.05) is 6.92 Å². The van der Waals surface area contributed by atoms with Gasteiger partial charge in [0.15, 0.2) is 0 Å². The number of aryl methyl sites for hydroxylation is 2. The van der Waals surface area contributed by atoms with Crippen molar-refractivity contribution in [2.75, 3.05) is 26.2 Å². The Labute approximate surface area is 148 Å². The van der Waals surface area contributed by atoms with Gasteiger partial charge in [-0.2, -0.15) is 5.10 Å².